The quantitative estimate of drug-likeness (QED) is 0.773. The van der Waals surface area contributed by atoms with Gasteiger partial charge in [-0.2, -0.15) is 11.8 Å². The largest absolute Gasteiger partial charge is 0.395 e. The van der Waals surface area contributed by atoms with E-state index in [0.717, 1.165) is 18.7 Å². The number of hydrogen-bond donors (Lipinski definition) is 2. The number of rotatable bonds is 8. The molecule has 0 saturated carbocycles. The van der Waals surface area contributed by atoms with E-state index in [0.29, 0.717) is 6.04 Å². The lowest BCUT2D eigenvalue weighted by atomic mass is 9.99. The number of aliphatic hydroxyl groups excluding tert-OH is 1. The highest BCUT2D eigenvalue weighted by Crippen LogP contribution is 2.28. The maximum absolute atomic E-state index is 9.22. The van der Waals surface area contributed by atoms with Crippen molar-refractivity contribution in [1.29, 1.82) is 0 Å². The van der Waals surface area contributed by atoms with Gasteiger partial charge in [-0.05, 0) is 29.3 Å². The highest BCUT2D eigenvalue weighted by Gasteiger charge is 2.15. The van der Waals surface area contributed by atoms with Crippen LogP contribution < -0.4 is 5.32 Å². The average molecular weight is 303 g/mol. The van der Waals surface area contributed by atoms with Crippen molar-refractivity contribution in [3.63, 3.8) is 0 Å². The Morgan fingerprint density at radius 1 is 1.14 bits per heavy atom. The number of aliphatic hydroxyl groups is 1. The number of hydrogen-bond acceptors (Lipinski definition) is 3. The van der Waals surface area contributed by atoms with E-state index in [9.17, 15) is 5.11 Å². The number of thioether (sulfide) groups is 1. The van der Waals surface area contributed by atoms with Crippen LogP contribution >= 0.6 is 11.8 Å². The zero-order chi connectivity index (χ0) is 15.1. The number of fused-ring (bicyclic) bond motifs is 1. The number of benzene rings is 2. The molecule has 2 rings (SSSR count). The molecule has 21 heavy (non-hydrogen) atoms. The zero-order valence-corrected chi connectivity index (χ0v) is 13.7. The van der Waals surface area contributed by atoms with Crippen LogP contribution in [0, 0.1) is 0 Å². The molecule has 0 bridgehead atoms. The molecule has 2 unspecified atom stereocenters. The predicted octanol–water partition coefficient (Wildman–Crippen LogP) is 3.99. The molecule has 0 aliphatic heterocycles. The average Bonchev–Trinajstić information content (AvgIpc) is 2.54. The Morgan fingerprint density at radius 3 is 2.67 bits per heavy atom. The van der Waals surface area contributed by atoms with Crippen molar-refractivity contribution in [2.45, 2.75) is 31.6 Å². The fraction of sp³-hybridized carbons (Fsp3) is 0.444. The Kier molecular flexibility index (Phi) is 6.55. The summed E-state index contributed by atoms with van der Waals surface area (Å²) in [5.41, 5.74) is 1.36. The van der Waals surface area contributed by atoms with Crippen LogP contribution in [0.25, 0.3) is 10.8 Å². The zero-order valence-electron chi connectivity index (χ0n) is 12.9. The van der Waals surface area contributed by atoms with Crippen molar-refractivity contribution >= 4 is 22.5 Å². The van der Waals surface area contributed by atoms with Crippen LogP contribution in [0.15, 0.2) is 42.5 Å². The normalized spacial score (nSPS) is 14.2. The second-order valence-corrected chi connectivity index (χ2v) is 6.87. The topological polar surface area (TPSA) is 32.3 Å². The van der Waals surface area contributed by atoms with Crippen molar-refractivity contribution in [3.05, 3.63) is 48.0 Å². The first-order chi connectivity index (χ1) is 10.3. The minimum atomic E-state index is 0.237. The van der Waals surface area contributed by atoms with Crippen molar-refractivity contribution < 1.29 is 5.11 Å². The van der Waals surface area contributed by atoms with Crippen LogP contribution in [0.1, 0.15) is 31.9 Å². The molecule has 0 spiro atoms. The third-order valence-corrected chi connectivity index (χ3v) is 4.89. The molecule has 0 aliphatic rings. The SMILES string of the molecule is CCCNC(CSC(C)CO)c1cccc2ccccc12. The summed E-state index contributed by atoms with van der Waals surface area (Å²) in [6.45, 7) is 5.52. The van der Waals surface area contributed by atoms with Gasteiger partial charge in [0.2, 0.25) is 0 Å². The van der Waals surface area contributed by atoms with Crippen LogP contribution in [0.3, 0.4) is 0 Å². The smallest absolute Gasteiger partial charge is 0.0547 e. The minimum absolute atomic E-state index is 0.237. The van der Waals surface area contributed by atoms with Gasteiger partial charge in [-0.1, -0.05) is 56.3 Å². The van der Waals surface area contributed by atoms with Gasteiger partial charge < -0.3 is 10.4 Å². The molecule has 2 nitrogen and oxygen atoms in total. The molecule has 0 amide bonds. The maximum Gasteiger partial charge on any atom is 0.0547 e. The Balaban J connectivity index is 2.25. The predicted molar refractivity (Wildman–Crippen MR) is 94.0 cm³/mol. The number of nitrogens with one attached hydrogen (secondary N) is 1. The van der Waals surface area contributed by atoms with E-state index in [-0.39, 0.29) is 11.9 Å². The molecule has 0 aromatic heterocycles. The lowest BCUT2D eigenvalue weighted by Crippen LogP contribution is -2.25. The lowest BCUT2D eigenvalue weighted by Gasteiger charge is -2.22. The summed E-state index contributed by atoms with van der Waals surface area (Å²) in [7, 11) is 0. The molecule has 114 valence electrons. The summed E-state index contributed by atoms with van der Waals surface area (Å²) in [5, 5.41) is 15.8. The third-order valence-electron chi connectivity index (χ3n) is 3.64. The summed E-state index contributed by atoms with van der Waals surface area (Å²) in [4.78, 5) is 0. The van der Waals surface area contributed by atoms with Gasteiger partial charge in [-0.15, -0.1) is 0 Å². The van der Waals surface area contributed by atoms with E-state index < -0.39 is 0 Å². The van der Waals surface area contributed by atoms with Crippen LogP contribution in [0.4, 0.5) is 0 Å². The van der Waals surface area contributed by atoms with Crippen LogP contribution in [-0.2, 0) is 0 Å². The van der Waals surface area contributed by atoms with E-state index in [1.165, 1.54) is 16.3 Å². The Morgan fingerprint density at radius 2 is 1.90 bits per heavy atom. The first-order valence-electron chi connectivity index (χ1n) is 7.69. The van der Waals surface area contributed by atoms with E-state index >= 15 is 0 Å². The summed E-state index contributed by atoms with van der Waals surface area (Å²) >= 11 is 1.83. The molecule has 0 saturated heterocycles. The molecule has 2 N–H and O–H groups in total. The maximum atomic E-state index is 9.22. The Hall–Kier alpha value is -1.03. The minimum Gasteiger partial charge on any atom is -0.395 e. The van der Waals surface area contributed by atoms with Gasteiger partial charge in [0.25, 0.3) is 0 Å². The van der Waals surface area contributed by atoms with Crippen molar-refractivity contribution in [2.75, 3.05) is 18.9 Å². The van der Waals surface area contributed by atoms with Crippen LogP contribution in [0.2, 0.25) is 0 Å². The van der Waals surface area contributed by atoms with Gasteiger partial charge >= 0.3 is 0 Å². The van der Waals surface area contributed by atoms with Gasteiger partial charge in [-0.25, -0.2) is 0 Å². The Bertz CT molecular complexity index is 552. The van der Waals surface area contributed by atoms with Gasteiger partial charge in [0.1, 0.15) is 0 Å². The highest BCUT2D eigenvalue weighted by atomic mass is 32.2. The highest BCUT2D eigenvalue weighted by molar-refractivity contribution is 7.99. The fourth-order valence-corrected chi connectivity index (χ4v) is 3.37. The van der Waals surface area contributed by atoms with Crippen LogP contribution in [0.5, 0.6) is 0 Å². The standard InChI is InChI=1S/C18H25NOS/c1-3-11-19-18(13-21-14(2)12-20)17-10-6-8-15-7-4-5-9-16(15)17/h4-10,14,18-20H,3,11-13H2,1-2H3. The lowest BCUT2D eigenvalue weighted by molar-refractivity contribution is 0.300. The molecule has 0 fully saturated rings. The summed E-state index contributed by atoms with van der Waals surface area (Å²) in [6.07, 6.45) is 1.13. The molecule has 2 aromatic carbocycles. The summed E-state index contributed by atoms with van der Waals surface area (Å²) in [6, 6.07) is 15.4. The van der Waals surface area contributed by atoms with Gasteiger partial charge in [0.15, 0.2) is 0 Å². The molecular weight excluding hydrogens is 278 g/mol. The van der Waals surface area contributed by atoms with E-state index in [1.807, 2.05) is 11.8 Å². The summed E-state index contributed by atoms with van der Waals surface area (Å²) < 4.78 is 0. The fourth-order valence-electron chi connectivity index (χ4n) is 2.44. The molecule has 2 atom stereocenters. The van der Waals surface area contributed by atoms with Crippen molar-refractivity contribution in [2.24, 2.45) is 0 Å². The molecule has 0 heterocycles. The van der Waals surface area contributed by atoms with Gasteiger partial charge in [0.05, 0.1) is 6.61 Å². The molecule has 3 heteroatoms. The monoisotopic (exact) mass is 303 g/mol. The van der Waals surface area contributed by atoms with E-state index in [1.54, 1.807) is 0 Å². The summed E-state index contributed by atoms with van der Waals surface area (Å²) in [5.74, 6) is 0.982. The second-order valence-electron chi connectivity index (χ2n) is 5.40. The van der Waals surface area contributed by atoms with Crippen molar-refractivity contribution in [1.82, 2.24) is 5.32 Å². The Labute approximate surface area is 131 Å². The van der Waals surface area contributed by atoms with E-state index in [2.05, 4.69) is 61.6 Å². The third kappa shape index (κ3) is 4.47. The van der Waals surface area contributed by atoms with Crippen molar-refractivity contribution in [3.8, 4) is 0 Å². The molecular formula is C18H25NOS. The van der Waals surface area contributed by atoms with Gasteiger partial charge in [0, 0.05) is 17.0 Å². The van der Waals surface area contributed by atoms with Gasteiger partial charge in [-0.3, -0.25) is 0 Å². The second kappa shape index (κ2) is 8.42. The first-order valence-corrected chi connectivity index (χ1v) is 8.74. The molecule has 0 radical (unpaired) electrons. The van der Waals surface area contributed by atoms with Crippen LogP contribution in [-0.4, -0.2) is 29.3 Å². The molecule has 0 aliphatic carbocycles. The van der Waals surface area contributed by atoms with E-state index in [4.69, 9.17) is 0 Å². The molecule has 2 aromatic rings. The first kappa shape index (κ1) is 16.3.